The Bertz CT molecular complexity index is 758. The number of likely N-dealkylation sites (N-methyl/N-ethyl adjacent to an activating group) is 1. The van der Waals surface area contributed by atoms with Gasteiger partial charge in [-0.05, 0) is 43.3 Å². The van der Waals surface area contributed by atoms with Crippen LogP contribution < -0.4 is 0 Å². The normalized spacial score (nSPS) is 11.1. The number of pyridine rings is 1. The van der Waals surface area contributed by atoms with E-state index in [-0.39, 0.29) is 5.82 Å². The van der Waals surface area contributed by atoms with Crippen molar-refractivity contribution in [3.63, 3.8) is 0 Å². The van der Waals surface area contributed by atoms with Gasteiger partial charge >= 0.3 is 0 Å². The maximum atomic E-state index is 13.2. The van der Waals surface area contributed by atoms with Crippen LogP contribution in [-0.4, -0.2) is 28.6 Å². The van der Waals surface area contributed by atoms with Crippen LogP contribution in [0.15, 0.2) is 59.3 Å². The quantitative estimate of drug-likeness (QED) is 0.698. The molecule has 0 aliphatic rings. The maximum absolute atomic E-state index is 13.2. The molecule has 23 heavy (non-hydrogen) atoms. The molecule has 0 saturated carbocycles. The van der Waals surface area contributed by atoms with Crippen molar-refractivity contribution in [2.24, 2.45) is 0 Å². The van der Waals surface area contributed by atoms with Gasteiger partial charge in [-0.3, -0.25) is 9.88 Å². The zero-order chi connectivity index (χ0) is 16.1. The summed E-state index contributed by atoms with van der Waals surface area (Å²) < 4.78 is 18.5. The second-order valence-corrected chi connectivity index (χ2v) is 5.51. The largest absolute Gasteiger partial charge is 0.359 e. The third-order valence-corrected chi connectivity index (χ3v) is 3.58. The molecule has 0 bridgehead atoms. The van der Waals surface area contributed by atoms with Gasteiger partial charge in [0.1, 0.15) is 11.5 Å². The molecular weight excluding hydrogens is 293 g/mol. The molecule has 5 heteroatoms. The zero-order valence-corrected chi connectivity index (χ0v) is 12.9. The fourth-order valence-corrected chi connectivity index (χ4v) is 2.38. The minimum atomic E-state index is -0.194. The van der Waals surface area contributed by atoms with Crippen molar-refractivity contribution >= 4 is 0 Å². The first-order chi connectivity index (χ1) is 11.2. The van der Waals surface area contributed by atoms with Gasteiger partial charge in [-0.25, -0.2) is 4.39 Å². The molecule has 4 nitrogen and oxygen atoms in total. The van der Waals surface area contributed by atoms with E-state index in [1.807, 2.05) is 37.4 Å². The third kappa shape index (κ3) is 4.23. The van der Waals surface area contributed by atoms with Crippen molar-refractivity contribution in [2.45, 2.75) is 13.0 Å². The lowest BCUT2D eigenvalue weighted by atomic mass is 10.1. The Hall–Kier alpha value is -2.53. The fourth-order valence-electron chi connectivity index (χ4n) is 2.38. The number of aromatic nitrogens is 2. The molecule has 0 amide bonds. The van der Waals surface area contributed by atoms with E-state index >= 15 is 0 Å². The van der Waals surface area contributed by atoms with Gasteiger partial charge in [-0.1, -0.05) is 23.4 Å². The van der Waals surface area contributed by atoms with Gasteiger partial charge in [0.05, 0.1) is 12.2 Å². The molecule has 2 heterocycles. The Balaban J connectivity index is 1.56. The summed E-state index contributed by atoms with van der Waals surface area (Å²) in [5.74, 6) is 0.591. The van der Waals surface area contributed by atoms with E-state index < -0.39 is 0 Å². The third-order valence-electron chi connectivity index (χ3n) is 3.58. The second kappa shape index (κ2) is 7.15. The fraction of sp³-hybridized carbons (Fsp3) is 0.222. The molecule has 0 atom stereocenters. The van der Waals surface area contributed by atoms with Crippen LogP contribution >= 0.6 is 0 Å². The molecule has 0 fully saturated rings. The van der Waals surface area contributed by atoms with Crippen molar-refractivity contribution in [1.29, 1.82) is 0 Å². The molecule has 0 unspecified atom stereocenters. The molecule has 0 aliphatic heterocycles. The monoisotopic (exact) mass is 311 g/mol. The average Bonchev–Trinajstić information content (AvgIpc) is 3.02. The Kier molecular flexibility index (Phi) is 4.78. The van der Waals surface area contributed by atoms with Gasteiger partial charge in [0.15, 0.2) is 5.76 Å². The number of hydrogen-bond acceptors (Lipinski definition) is 4. The van der Waals surface area contributed by atoms with Crippen LogP contribution in [0.1, 0.15) is 11.3 Å². The summed E-state index contributed by atoms with van der Waals surface area (Å²) in [6.07, 6.45) is 2.52. The van der Waals surface area contributed by atoms with Crippen LogP contribution in [0.2, 0.25) is 0 Å². The Labute approximate surface area is 134 Å². The molecule has 0 aliphatic carbocycles. The van der Waals surface area contributed by atoms with Gasteiger partial charge in [0.2, 0.25) is 0 Å². The minimum Gasteiger partial charge on any atom is -0.359 e. The molecule has 118 valence electrons. The van der Waals surface area contributed by atoms with E-state index in [0.29, 0.717) is 6.54 Å². The minimum absolute atomic E-state index is 0.194. The van der Waals surface area contributed by atoms with E-state index in [2.05, 4.69) is 15.0 Å². The highest BCUT2D eigenvalue weighted by Gasteiger charge is 2.09. The van der Waals surface area contributed by atoms with Gasteiger partial charge in [-0.15, -0.1) is 0 Å². The predicted molar refractivity (Wildman–Crippen MR) is 86.2 cm³/mol. The number of rotatable bonds is 6. The van der Waals surface area contributed by atoms with Crippen molar-refractivity contribution in [1.82, 2.24) is 15.0 Å². The lowest BCUT2D eigenvalue weighted by Gasteiger charge is -2.14. The maximum Gasteiger partial charge on any atom is 0.151 e. The molecule has 0 spiro atoms. The highest BCUT2D eigenvalue weighted by atomic mass is 19.1. The molecule has 1 aromatic carbocycles. The molecule has 2 aromatic heterocycles. The first-order valence-electron chi connectivity index (χ1n) is 7.51. The molecule has 3 aromatic rings. The predicted octanol–water partition coefficient (Wildman–Crippen LogP) is 3.55. The van der Waals surface area contributed by atoms with E-state index in [0.717, 1.165) is 35.7 Å². The summed E-state index contributed by atoms with van der Waals surface area (Å²) in [5, 5.41) is 4.06. The smallest absolute Gasteiger partial charge is 0.151 e. The highest BCUT2D eigenvalue weighted by Crippen LogP contribution is 2.17. The summed E-state index contributed by atoms with van der Waals surface area (Å²) in [4.78, 5) is 6.37. The topological polar surface area (TPSA) is 42.2 Å². The van der Waals surface area contributed by atoms with Crippen LogP contribution in [-0.2, 0) is 13.0 Å². The van der Waals surface area contributed by atoms with Crippen LogP contribution in [0.25, 0.3) is 11.4 Å². The number of nitrogens with zero attached hydrogens (tertiary/aromatic N) is 3. The van der Waals surface area contributed by atoms with Gasteiger partial charge in [-0.2, -0.15) is 0 Å². The van der Waals surface area contributed by atoms with Crippen LogP contribution in [0, 0.1) is 5.82 Å². The molecule has 0 N–H and O–H groups in total. The van der Waals surface area contributed by atoms with E-state index in [1.54, 1.807) is 18.3 Å². The summed E-state index contributed by atoms with van der Waals surface area (Å²) in [5.41, 5.74) is 2.52. The first kappa shape index (κ1) is 15.4. The molecule has 3 rings (SSSR count). The Morgan fingerprint density at radius 1 is 1.09 bits per heavy atom. The van der Waals surface area contributed by atoms with E-state index in [4.69, 9.17) is 4.52 Å². The lowest BCUT2D eigenvalue weighted by Crippen LogP contribution is -2.20. The lowest BCUT2D eigenvalue weighted by molar-refractivity contribution is 0.275. The highest BCUT2D eigenvalue weighted by molar-refractivity contribution is 5.52. The number of hydrogen-bond donors (Lipinski definition) is 0. The van der Waals surface area contributed by atoms with Gasteiger partial charge in [0, 0.05) is 18.8 Å². The van der Waals surface area contributed by atoms with E-state index in [1.165, 1.54) is 6.07 Å². The molecular formula is C18H18FN3O. The van der Waals surface area contributed by atoms with Gasteiger partial charge in [0.25, 0.3) is 0 Å². The first-order valence-corrected chi connectivity index (χ1v) is 7.51. The number of benzene rings is 1. The van der Waals surface area contributed by atoms with Crippen LogP contribution in [0.4, 0.5) is 4.39 Å². The average molecular weight is 311 g/mol. The summed E-state index contributed by atoms with van der Waals surface area (Å²) in [6.45, 7) is 1.46. The second-order valence-electron chi connectivity index (χ2n) is 5.51. The summed E-state index contributed by atoms with van der Waals surface area (Å²) in [6, 6.07) is 14.3. The molecule has 0 saturated heterocycles. The SMILES string of the molecule is CN(CCc1cccc(F)c1)Cc1cc(-c2ccccn2)no1. The van der Waals surface area contributed by atoms with E-state index in [9.17, 15) is 4.39 Å². The Morgan fingerprint density at radius 3 is 2.78 bits per heavy atom. The summed E-state index contributed by atoms with van der Waals surface area (Å²) >= 11 is 0. The van der Waals surface area contributed by atoms with Gasteiger partial charge < -0.3 is 4.52 Å². The van der Waals surface area contributed by atoms with Crippen molar-refractivity contribution in [3.8, 4) is 11.4 Å². The van der Waals surface area contributed by atoms with Crippen LogP contribution in [0.5, 0.6) is 0 Å². The zero-order valence-electron chi connectivity index (χ0n) is 12.9. The standard InChI is InChI=1S/C18H18FN3O/c1-22(10-8-14-5-4-6-15(19)11-14)13-16-12-18(21-23-16)17-7-2-3-9-20-17/h2-7,9,11-12H,8,10,13H2,1H3. The summed E-state index contributed by atoms with van der Waals surface area (Å²) in [7, 11) is 2.00. The van der Waals surface area contributed by atoms with Crippen LogP contribution in [0.3, 0.4) is 0 Å². The van der Waals surface area contributed by atoms with Crippen molar-refractivity contribution in [2.75, 3.05) is 13.6 Å². The van der Waals surface area contributed by atoms with Crippen molar-refractivity contribution < 1.29 is 8.91 Å². The van der Waals surface area contributed by atoms with Crippen molar-refractivity contribution in [3.05, 3.63) is 71.9 Å². The molecule has 0 radical (unpaired) electrons. The number of halogens is 1. The Morgan fingerprint density at radius 2 is 2.00 bits per heavy atom.